The van der Waals surface area contributed by atoms with Crippen molar-refractivity contribution in [3.8, 4) is 11.5 Å². The molecule has 2 aromatic carbocycles. The van der Waals surface area contributed by atoms with Crippen molar-refractivity contribution in [3.05, 3.63) is 53.8 Å². The van der Waals surface area contributed by atoms with Crippen molar-refractivity contribution in [2.24, 2.45) is 0 Å². The average molecular weight is 315 g/mol. The molecule has 1 atom stereocenters. The molecular weight excluding hydrogens is 297 g/mol. The second-order valence-corrected chi connectivity index (χ2v) is 5.86. The summed E-state index contributed by atoms with van der Waals surface area (Å²) in [7, 11) is 0. The number of anilines is 1. The molecular formula is C18H18FNO3. The number of benzene rings is 2. The number of hydrogen-bond donors (Lipinski definition) is 1. The van der Waals surface area contributed by atoms with Gasteiger partial charge in [0.25, 0.3) is 5.91 Å². The third-order valence-electron chi connectivity index (χ3n) is 3.86. The lowest BCUT2D eigenvalue weighted by Crippen LogP contribution is -2.50. The van der Waals surface area contributed by atoms with Crippen molar-refractivity contribution in [2.45, 2.75) is 32.4 Å². The molecule has 0 saturated carbocycles. The van der Waals surface area contributed by atoms with E-state index < -0.39 is 6.10 Å². The van der Waals surface area contributed by atoms with Crippen LogP contribution in [0.15, 0.2) is 42.5 Å². The molecule has 1 unspecified atom stereocenters. The number of ether oxygens (including phenoxy) is 1. The zero-order valence-electron chi connectivity index (χ0n) is 13.0. The number of carbonyl (C=O) groups is 1. The second kappa shape index (κ2) is 5.91. The van der Waals surface area contributed by atoms with Crippen molar-refractivity contribution in [3.63, 3.8) is 0 Å². The molecule has 0 aliphatic carbocycles. The Hall–Kier alpha value is -2.56. The van der Waals surface area contributed by atoms with E-state index >= 15 is 0 Å². The highest BCUT2D eigenvalue weighted by Crippen LogP contribution is 2.38. The molecule has 0 spiro atoms. The number of aromatic hydroxyl groups is 1. The van der Waals surface area contributed by atoms with Gasteiger partial charge in [-0.05, 0) is 37.6 Å². The van der Waals surface area contributed by atoms with Crippen molar-refractivity contribution in [1.82, 2.24) is 0 Å². The monoisotopic (exact) mass is 315 g/mol. The fourth-order valence-corrected chi connectivity index (χ4v) is 2.80. The van der Waals surface area contributed by atoms with Crippen LogP contribution in [0.4, 0.5) is 10.1 Å². The van der Waals surface area contributed by atoms with Gasteiger partial charge in [-0.15, -0.1) is 0 Å². The lowest BCUT2D eigenvalue weighted by atomic mass is 10.0. The lowest BCUT2D eigenvalue weighted by molar-refractivity contribution is -0.126. The SMILES string of the molecule is CC(C)N1C(=O)C(Cc2ccccc2F)Oc2cc(O)ccc21. The minimum atomic E-state index is -0.816. The van der Waals surface area contributed by atoms with Crippen molar-refractivity contribution in [1.29, 1.82) is 0 Å². The van der Waals surface area contributed by atoms with Gasteiger partial charge in [-0.3, -0.25) is 4.79 Å². The molecule has 1 aliphatic rings. The summed E-state index contributed by atoms with van der Waals surface area (Å²) in [5.74, 6) is -0.0748. The Morgan fingerprint density at radius 3 is 2.70 bits per heavy atom. The fourth-order valence-electron chi connectivity index (χ4n) is 2.80. The minimum Gasteiger partial charge on any atom is -0.508 e. The van der Waals surface area contributed by atoms with Crippen molar-refractivity contribution < 1.29 is 19.0 Å². The van der Waals surface area contributed by atoms with Crippen LogP contribution < -0.4 is 9.64 Å². The zero-order chi connectivity index (χ0) is 16.6. The molecule has 0 radical (unpaired) electrons. The van der Waals surface area contributed by atoms with Gasteiger partial charge in [0.05, 0.1) is 5.69 Å². The Morgan fingerprint density at radius 2 is 2.00 bits per heavy atom. The van der Waals surface area contributed by atoms with Crippen LogP contribution in [0, 0.1) is 5.82 Å². The van der Waals surface area contributed by atoms with E-state index in [2.05, 4.69) is 0 Å². The van der Waals surface area contributed by atoms with Crippen LogP contribution in [0.2, 0.25) is 0 Å². The third kappa shape index (κ3) is 2.86. The van der Waals surface area contributed by atoms with Crippen LogP contribution in [0.5, 0.6) is 11.5 Å². The summed E-state index contributed by atoms with van der Waals surface area (Å²) in [6.07, 6.45) is -0.673. The normalized spacial score (nSPS) is 17.1. The first-order valence-electron chi connectivity index (χ1n) is 7.53. The molecule has 0 saturated heterocycles. The van der Waals surface area contributed by atoms with E-state index in [1.165, 1.54) is 18.2 Å². The summed E-state index contributed by atoms with van der Waals surface area (Å²) < 4.78 is 19.6. The average Bonchev–Trinajstić information content (AvgIpc) is 2.50. The largest absolute Gasteiger partial charge is 0.508 e. The molecule has 0 aromatic heterocycles. The first kappa shape index (κ1) is 15.3. The van der Waals surface area contributed by atoms with Crippen LogP contribution in [0.1, 0.15) is 19.4 Å². The molecule has 2 aromatic rings. The Labute approximate surface area is 134 Å². The summed E-state index contributed by atoms with van der Waals surface area (Å²) in [6.45, 7) is 3.81. The van der Waals surface area contributed by atoms with Crippen LogP contribution >= 0.6 is 0 Å². The van der Waals surface area contributed by atoms with Gasteiger partial charge in [-0.1, -0.05) is 18.2 Å². The Bertz CT molecular complexity index is 745. The number of rotatable bonds is 3. The van der Waals surface area contributed by atoms with Gasteiger partial charge in [0, 0.05) is 18.5 Å². The highest BCUT2D eigenvalue weighted by Gasteiger charge is 2.36. The lowest BCUT2D eigenvalue weighted by Gasteiger charge is -2.37. The van der Waals surface area contributed by atoms with Crippen LogP contribution in [0.25, 0.3) is 0 Å². The fraction of sp³-hybridized carbons (Fsp3) is 0.278. The molecule has 1 heterocycles. The number of hydrogen-bond acceptors (Lipinski definition) is 3. The van der Waals surface area contributed by atoms with E-state index in [-0.39, 0.29) is 29.9 Å². The number of fused-ring (bicyclic) bond motifs is 1. The summed E-state index contributed by atoms with van der Waals surface area (Å²) >= 11 is 0. The second-order valence-electron chi connectivity index (χ2n) is 5.86. The van der Waals surface area contributed by atoms with Crippen LogP contribution in [-0.2, 0) is 11.2 Å². The Balaban J connectivity index is 1.97. The van der Waals surface area contributed by atoms with Gasteiger partial charge in [-0.2, -0.15) is 0 Å². The predicted octanol–water partition coefficient (Wildman–Crippen LogP) is 3.28. The number of carbonyl (C=O) groups excluding carboxylic acids is 1. The van der Waals surface area contributed by atoms with Crippen LogP contribution in [0.3, 0.4) is 0 Å². The van der Waals surface area contributed by atoms with Gasteiger partial charge >= 0.3 is 0 Å². The molecule has 5 heteroatoms. The molecule has 1 amide bonds. The first-order valence-corrected chi connectivity index (χ1v) is 7.53. The summed E-state index contributed by atoms with van der Waals surface area (Å²) in [4.78, 5) is 14.4. The summed E-state index contributed by atoms with van der Waals surface area (Å²) in [6, 6.07) is 10.9. The van der Waals surface area contributed by atoms with E-state index in [4.69, 9.17) is 4.74 Å². The number of phenolic OH excluding ortho intramolecular Hbond substituents is 1. The molecule has 1 N–H and O–H groups in total. The van der Waals surface area contributed by atoms with E-state index in [0.29, 0.717) is 17.0 Å². The van der Waals surface area contributed by atoms with Gasteiger partial charge in [0.2, 0.25) is 0 Å². The maximum Gasteiger partial charge on any atom is 0.268 e. The predicted molar refractivity (Wildman–Crippen MR) is 85.2 cm³/mol. The number of amides is 1. The van der Waals surface area contributed by atoms with E-state index in [1.54, 1.807) is 29.2 Å². The van der Waals surface area contributed by atoms with Crippen LogP contribution in [-0.4, -0.2) is 23.2 Å². The number of nitrogens with zero attached hydrogens (tertiary/aromatic N) is 1. The topological polar surface area (TPSA) is 49.8 Å². The highest BCUT2D eigenvalue weighted by atomic mass is 19.1. The van der Waals surface area contributed by atoms with Gasteiger partial charge in [0.15, 0.2) is 6.10 Å². The molecule has 3 rings (SSSR count). The highest BCUT2D eigenvalue weighted by molar-refractivity contribution is 6.00. The molecule has 0 fully saturated rings. The molecule has 120 valence electrons. The third-order valence-corrected chi connectivity index (χ3v) is 3.86. The molecule has 0 bridgehead atoms. The standard InChI is InChI=1S/C18H18FNO3/c1-11(2)20-15-8-7-13(21)10-16(15)23-17(18(20)22)9-12-5-3-4-6-14(12)19/h3-8,10-11,17,21H,9H2,1-2H3. The Morgan fingerprint density at radius 1 is 1.26 bits per heavy atom. The maximum atomic E-state index is 13.9. The van der Waals surface area contributed by atoms with Crippen molar-refractivity contribution in [2.75, 3.05) is 4.90 Å². The first-order chi connectivity index (χ1) is 11.0. The van der Waals surface area contributed by atoms with Gasteiger partial charge in [-0.25, -0.2) is 4.39 Å². The molecule has 4 nitrogen and oxygen atoms in total. The number of halogens is 1. The van der Waals surface area contributed by atoms with E-state index in [9.17, 15) is 14.3 Å². The quantitative estimate of drug-likeness (QED) is 0.945. The maximum absolute atomic E-state index is 13.9. The van der Waals surface area contributed by atoms with Gasteiger partial charge < -0.3 is 14.7 Å². The smallest absolute Gasteiger partial charge is 0.268 e. The zero-order valence-corrected chi connectivity index (χ0v) is 13.0. The summed E-state index contributed by atoms with van der Waals surface area (Å²) in [5.41, 5.74) is 1.05. The van der Waals surface area contributed by atoms with E-state index in [0.717, 1.165) is 0 Å². The summed E-state index contributed by atoms with van der Waals surface area (Å²) in [5, 5.41) is 9.66. The van der Waals surface area contributed by atoms with Crippen molar-refractivity contribution >= 4 is 11.6 Å². The molecule has 23 heavy (non-hydrogen) atoms. The number of phenols is 1. The molecule has 1 aliphatic heterocycles. The Kier molecular flexibility index (Phi) is 3.94. The van der Waals surface area contributed by atoms with Gasteiger partial charge in [0.1, 0.15) is 17.3 Å². The van der Waals surface area contributed by atoms with E-state index in [1.807, 2.05) is 13.8 Å². The minimum absolute atomic E-state index is 0.0615.